The molecule has 4 rings (SSSR count). The number of nitrogens with one attached hydrogen (secondary N) is 1. The first-order valence-electron chi connectivity index (χ1n) is 12.5. The lowest BCUT2D eigenvalue weighted by Gasteiger charge is -2.19. The van der Waals surface area contributed by atoms with Crippen LogP contribution in [0.4, 0.5) is 10.1 Å². The summed E-state index contributed by atoms with van der Waals surface area (Å²) in [6.07, 6.45) is 3.91. The molecular formula is C28H29FN2O6S. The average Bonchev–Trinajstić information content (AvgIpc) is 3.17. The normalized spacial score (nSPS) is 15.1. The van der Waals surface area contributed by atoms with Gasteiger partial charge in [-0.05, 0) is 85.9 Å². The number of aryl methyl sites for hydroxylation is 1. The first kappa shape index (κ1) is 27.4. The van der Waals surface area contributed by atoms with Crippen LogP contribution >= 0.6 is 0 Å². The number of carboxylic acids is 1. The molecule has 0 atom stereocenters. The van der Waals surface area contributed by atoms with Crippen LogP contribution in [0.2, 0.25) is 0 Å². The van der Waals surface area contributed by atoms with E-state index >= 15 is 0 Å². The standard InChI is InChI=1S/C28H29FN2O6S/c1-3-31(4-2)15-5-6-17-16-18(29)7-14-25(17)38(36,37)30-22-11-8-21-19-9-12-23(32)20(19)10-13-24(33)26(21)27(22)28(34)35/h7-9,11-12,14,16,30H,3-6,10,13,15H2,1-2H3,(H,34,35). The van der Waals surface area contributed by atoms with Gasteiger partial charge in [-0.1, -0.05) is 26.0 Å². The van der Waals surface area contributed by atoms with E-state index in [4.69, 9.17) is 0 Å². The second-order valence-electron chi connectivity index (χ2n) is 9.22. The molecule has 10 heteroatoms. The van der Waals surface area contributed by atoms with E-state index in [1.807, 2.05) is 13.8 Å². The second-order valence-corrected chi connectivity index (χ2v) is 10.9. The molecule has 2 aromatic rings. The van der Waals surface area contributed by atoms with E-state index in [0.717, 1.165) is 25.2 Å². The zero-order chi connectivity index (χ0) is 27.6. The topological polar surface area (TPSA) is 121 Å². The van der Waals surface area contributed by atoms with Gasteiger partial charge >= 0.3 is 5.97 Å². The lowest BCUT2D eigenvalue weighted by atomic mass is 9.92. The number of carbonyl (C=O) groups excluding carboxylic acids is 2. The Labute approximate surface area is 220 Å². The first-order chi connectivity index (χ1) is 18.1. The third-order valence-electron chi connectivity index (χ3n) is 6.99. The van der Waals surface area contributed by atoms with Crippen LogP contribution in [0.25, 0.3) is 5.57 Å². The predicted octanol–water partition coefficient (Wildman–Crippen LogP) is 4.47. The van der Waals surface area contributed by atoms with Gasteiger partial charge < -0.3 is 10.0 Å². The highest BCUT2D eigenvalue weighted by atomic mass is 32.2. The maximum atomic E-state index is 14.1. The van der Waals surface area contributed by atoms with Gasteiger partial charge in [-0.2, -0.15) is 0 Å². The molecule has 2 N–H and O–H groups in total. The number of anilines is 1. The molecule has 2 aromatic carbocycles. The molecule has 0 radical (unpaired) electrons. The largest absolute Gasteiger partial charge is 0.478 e. The van der Waals surface area contributed by atoms with Crippen LogP contribution in [0.5, 0.6) is 0 Å². The number of nitrogens with zero attached hydrogens (tertiary/aromatic N) is 1. The van der Waals surface area contributed by atoms with E-state index in [0.29, 0.717) is 30.5 Å². The molecule has 38 heavy (non-hydrogen) atoms. The second kappa shape index (κ2) is 11.0. The van der Waals surface area contributed by atoms with E-state index < -0.39 is 33.2 Å². The number of ketones is 2. The summed E-state index contributed by atoms with van der Waals surface area (Å²) in [5.41, 5.74) is 0.563. The van der Waals surface area contributed by atoms with Crippen LogP contribution in [-0.2, 0) is 21.2 Å². The SMILES string of the molecule is CCN(CC)CCCc1cc(F)ccc1S(=O)(=O)Nc1ccc2c(c1C(=O)O)C(=O)CCC1=C2C=CC1=O. The van der Waals surface area contributed by atoms with Gasteiger partial charge in [0.1, 0.15) is 5.82 Å². The molecule has 200 valence electrons. The Morgan fingerprint density at radius 3 is 2.50 bits per heavy atom. The van der Waals surface area contributed by atoms with Crippen molar-refractivity contribution in [1.82, 2.24) is 4.90 Å². The minimum atomic E-state index is -4.34. The summed E-state index contributed by atoms with van der Waals surface area (Å²) in [6.45, 7) is 6.43. The van der Waals surface area contributed by atoms with Crippen molar-refractivity contribution in [2.24, 2.45) is 0 Å². The van der Waals surface area contributed by atoms with Crippen LogP contribution < -0.4 is 4.72 Å². The molecule has 0 spiro atoms. The predicted molar refractivity (Wildman–Crippen MR) is 141 cm³/mol. The fraction of sp³-hybridized carbons (Fsp3) is 0.321. The third kappa shape index (κ3) is 5.32. The Kier molecular flexibility index (Phi) is 7.94. The molecule has 2 aliphatic carbocycles. The van der Waals surface area contributed by atoms with Crippen molar-refractivity contribution in [3.05, 3.63) is 76.1 Å². The van der Waals surface area contributed by atoms with Crippen molar-refractivity contribution < 1.29 is 32.3 Å². The van der Waals surface area contributed by atoms with Gasteiger partial charge in [0.05, 0.1) is 16.1 Å². The number of hydrogen-bond donors (Lipinski definition) is 2. The molecule has 8 nitrogen and oxygen atoms in total. The lowest BCUT2D eigenvalue weighted by molar-refractivity contribution is -0.111. The zero-order valence-electron chi connectivity index (χ0n) is 21.2. The molecule has 2 aliphatic rings. The summed E-state index contributed by atoms with van der Waals surface area (Å²) >= 11 is 0. The molecule has 0 aromatic heterocycles. The molecule has 0 unspecified atom stereocenters. The summed E-state index contributed by atoms with van der Waals surface area (Å²) in [5.74, 6) is -2.78. The number of carboxylic acid groups (broad SMARTS) is 1. The van der Waals surface area contributed by atoms with Crippen LogP contribution in [0.15, 0.2) is 53.0 Å². The number of benzene rings is 2. The molecule has 0 saturated carbocycles. The highest BCUT2D eigenvalue weighted by Gasteiger charge is 2.33. The molecule has 0 amide bonds. The minimum absolute atomic E-state index is 0.0790. The maximum absolute atomic E-state index is 14.1. The van der Waals surface area contributed by atoms with Gasteiger partial charge in [0.15, 0.2) is 11.6 Å². The number of Topliss-reactive ketones (excluding diaryl/α,β-unsaturated/α-hetero) is 1. The van der Waals surface area contributed by atoms with Crippen LogP contribution in [-0.4, -0.2) is 55.6 Å². The minimum Gasteiger partial charge on any atom is -0.478 e. The number of carbonyl (C=O) groups is 3. The summed E-state index contributed by atoms with van der Waals surface area (Å²) in [7, 11) is -4.34. The number of rotatable bonds is 10. The molecule has 0 aliphatic heterocycles. The molecule has 0 bridgehead atoms. The quantitative estimate of drug-likeness (QED) is 0.456. The Morgan fingerprint density at radius 1 is 1.08 bits per heavy atom. The summed E-state index contributed by atoms with van der Waals surface area (Å²) in [6, 6.07) is 6.11. The number of halogens is 1. The summed E-state index contributed by atoms with van der Waals surface area (Å²) in [4.78, 5) is 39.6. The first-order valence-corrected chi connectivity index (χ1v) is 14.0. The monoisotopic (exact) mass is 540 g/mol. The highest BCUT2D eigenvalue weighted by molar-refractivity contribution is 7.92. The summed E-state index contributed by atoms with van der Waals surface area (Å²) < 4.78 is 43.4. The van der Waals surface area contributed by atoms with Crippen molar-refractivity contribution in [1.29, 1.82) is 0 Å². The Morgan fingerprint density at radius 2 is 1.82 bits per heavy atom. The zero-order valence-corrected chi connectivity index (χ0v) is 22.0. The molecule has 0 heterocycles. The van der Waals surface area contributed by atoms with E-state index in [9.17, 15) is 32.3 Å². The van der Waals surface area contributed by atoms with Crippen molar-refractivity contribution >= 4 is 38.8 Å². The Balaban J connectivity index is 1.73. The number of sulfonamides is 1. The van der Waals surface area contributed by atoms with Gasteiger partial charge in [-0.15, -0.1) is 0 Å². The van der Waals surface area contributed by atoms with Gasteiger partial charge in [0.25, 0.3) is 10.0 Å². The van der Waals surface area contributed by atoms with Crippen LogP contribution in [0.1, 0.15) is 65.0 Å². The lowest BCUT2D eigenvalue weighted by Crippen LogP contribution is -2.24. The van der Waals surface area contributed by atoms with E-state index in [1.54, 1.807) is 6.08 Å². The number of fused-ring (bicyclic) bond motifs is 2. The van der Waals surface area contributed by atoms with Crippen molar-refractivity contribution in [2.75, 3.05) is 24.4 Å². The summed E-state index contributed by atoms with van der Waals surface area (Å²) in [5, 5.41) is 10.1. The fourth-order valence-corrected chi connectivity index (χ4v) is 6.35. The number of aromatic carboxylic acids is 1. The maximum Gasteiger partial charge on any atom is 0.338 e. The third-order valence-corrected chi connectivity index (χ3v) is 8.45. The van der Waals surface area contributed by atoms with E-state index in [2.05, 4.69) is 9.62 Å². The molecule has 0 saturated heterocycles. The van der Waals surface area contributed by atoms with Gasteiger partial charge in [-0.25, -0.2) is 17.6 Å². The average molecular weight is 541 g/mol. The van der Waals surface area contributed by atoms with E-state index in [-0.39, 0.29) is 45.9 Å². The Hall–Kier alpha value is -3.63. The number of allylic oxidation sites excluding steroid dienone is 4. The van der Waals surface area contributed by atoms with Crippen molar-refractivity contribution in [3.8, 4) is 0 Å². The van der Waals surface area contributed by atoms with Crippen LogP contribution in [0, 0.1) is 5.82 Å². The molecule has 0 fully saturated rings. The molecular weight excluding hydrogens is 511 g/mol. The Bertz CT molecular complexity index is 1490. The number of hydrogen-bond acceptors (Lipinski definition) is 6. The van der Waals surface area contributed by atoms with Gasteiger partial charge in [-0.3, -0.25) is 14.3 Å². The van der Waals surface area contributed by atoms with Crippen molar-refractivity contribution in [2.45, 2.75) is 44.4 Å². The highest BCUT2D eigenvalue weighted by Crippen LogP contribution is 2.39. The van der Waals surface area contributed by atoms with Gasteiger partial charge in [0.2, 0.25) is 0 Å². The fourth-order valence-electron chi connectivity index (χ4n) is 5.03. The van der Waals surface area contributed by atoms with Crippen LogP contribution in [0.3, 0.4) is 0 Å². The van der Waals surface area contributed by atoms with Crippen molar-refractivity contribution in [3.63, 3.8) is 0 Å². The van der Waals surface area contributed by atoms with E-state index in [1.165, 1.54) is 24.3 Å². The van der Waals surface area contributed by atoms with Gasteiger partial charge in [0, 0.05) is 17.6 Å². The smallest absolute Gasteiger partial charge is 0.338 e.